The smallest absolute Gasteiger partial charge is 0.347 e. The highest BCUT2D eigenvalue weighted by Crippen LogP contribution is 2.27. The van der Waals surface area contributed by atoms with Gasteiger partial charge in [0.1, 0.15) is 11.4 Å². The molecule has 2 aromatic heterocycles. The summed E-state index contributed by atoms with van der Waals surface area (Å²) in [4.78, 5) is 20.0. The number of benzene rings is 2. The molecule has 0 aliphatic heterocycles. The maximum absolute atomic E-state index is 12.4. The van der Waals surface area contributed by atoms with Crippen molar-refractivity contribution in [2.24, 2.45) is 0 Å². The first-order chi connectivity index (χ1) is 11.3. The highest BCUT2D eigenvalue weighted by molar-refractivity contribution is 5.86. The van der Waals surface area contributed by atoms with Crippen molar-refractivity contribution >= 4 is 22.0 Å². The summed E-state index contributed by atoms with van der Waals surface area (Å²) in [6, 6.07) is 15.0. The van der Waals surface area contributed by atoms with E-state index in [1.54, 1.807) is 12.1 Å². The SMILES string of the molecule is CCOc1cccc2cc(-c3nc4ccccc4[nH]3)c(=O)oc12. The number of ether oxygens (including phenoxy) is 1. The molecule has 1 N–H and O–H groups in total. The van der Waals surface area contributed by atoms with Crippen LogP contribution in [0.4, 0.5) is 0 Å². The predicted octanol–water partition coefficient (Wildman–Crippen LogP) is 3.74. The Balaban J connectivity index is 1.93. The molecule has 0 amide bonds. The van der Waals surface area contributed by atoms with Crippen LogP contribution in [0, 0.1) is 0 Å². The van der Waals surface area contributed by atoms with Gasteiger partial charge < -0.3 is 14.1 Å². The average Bonchev–Trinajstić information content (AvgIpc) is 2.99. The van der Waals surface area contributed by atoms with Crippen LogP contribution in [0.1, 0.15) is 6.92 Å². The number of H-pyrrole nitrogens is 1. The zero-order valence-corrected chi connectivity index (χ0v) is 12.5. The lowest BCUT2D eigenvalue weighted by atomic mass is 10.1. The summed E-state index contributed by atoms with van der Waals surface area (Å²) in [6.07, 6.45) is 0. The molecule has 0 saturated carbocycles. The van der Waals surface area contributed by atoms with E-state index in [0.717, 1.165) is 16.4 Å². The van der Waals surface area contributed by atoms with E-state index in [1.807, 2.05) is 43.3 Å². The van der Waals surface area contributed by atoms with Gasteiger partial charge in [0, 0.05) is 5.39 Å². The summed E-state index contributed by atoms with van der Waals surface area (Å²) in [5, 5.41) is 0.797. The Labute approximate surface area is 131 Å². The molecule has 0 aliphatic rings. The summed E-state index contributed by atoms with van der Waals surface area (Å²) in [5.41, 5.74) is 2.11. The van der Waals surface area contributed by atoms with Gasteiger partial charge in [0.15, 0.2) is 11.3 Å². The zero-order chi connectivity index (χ0) is 15.8. The number of aromatic amines is 1. The first-order valence-corrected chi connectivity index (χ1v) is 7.41. The number of aromatic nitrogens is 2. The number of rotatable bonds is 3. The normalized spacial score (nSPS) is 11.2. The van der Waals surface area contributed by atoms with E-state index in [-0.39, 0.29) is 0 Å². The van der Waals surface area contributed by atoms with Gasteiger partial charge in [-0.1, -0.05) is 24.3 Å². The standard InChI is InChI=1S/C18H14N2O3/c1-2-22-15-9-5-6-11-10-12(18(21)23-16(11)15)17-19-13-7-3-4-8-14(13)20-17/h3-10H,2H2,1H3,(H,19,20). The van der Waals surface area contributed by atoms with Crippen LogP contribution in [-0.4, -0.2) is 16.6 Å². The van der Waals surface area contributed by atoms with Gasteiger partial charge >= 0.3 is 5.63 Å². The van der Waals surface area contributed by atoms with Crippen molar-refractivity contribution in [1.29, 1.82) is 0 Å². The van der Waals surface area contributed by atoms with Gasteiger partial charge in [0.2, 0.25) is 0 Å². The molecular weight excluding hydrogens is 292 g/mol. The molecular formula is C18H14N2O3. The van der Waals surface area contributed by atoms with E-state index >= 15 is 0 Å². The Morgan fingerprint density at radius 2 is 2.04 bits per heavy atom. The van der Waals surface area contributed by atoms with Crippen molar-refractivity contribution < 1.29 is 9.15 Å². The largest absolute Gasteiger partial charge is 0.490 e. The number of nitrogens with one attached hydrogen (secondary N) is 1. The molecule has 0 atom stereocenters. The second kappa shape index (κ2) is 5.28. The van der Waals surface area contributed by atoms with Crippen LogP contribution < -0.4 is 10.4 Å². The maximum atomic E-state index is 12.4. The van der Waals surface area contributed by atoms with Gasteiger partial charge in [-0.3, -0.25) is 0 Å². The lowest BCUT2D eigenvalue weighted by Crippen LogP contribution is -2.04. The summed E-state index contributed by atoms with van der Waals surface area (Å²) in [7, 11) is 0. The van der Waals surface area contributed by atoms with Gasteiger partial charge in [-0.05, 0) is 31.2 Å². The highest BCUT2D eigenvalue weighted by Gasteiger charge is 2.14. The number of hydrogen-bond acceptors (Lipinski definition) is 4. The van der Waals surface area contributed by atoms with Crippen molar-refractivity contribution in [2.45, 2.75) is 6.92 Å². The minimum Gasteiger partial charge on any atom is -0.490 e. The van der Waals surface area contributed by atoms with Crippen LogP contribution >= 0.6 is 0 Å². The van der Waals surface area contributed by atoms with Gasteiger partial charge in [0.25, 0.3) is 0 Å². The lowest BCUT2D eigenvalue weighted by Gasteiger charge is -2.06. The molecule has 2 aromatic carbocycles. The summed E-state index contributed by atoms with van der Waals surface area (Å²) < 4.78 is 11.0. The van der Waals surface area contributed by atoms with E-state index in [9.17, 15) is 4.79 Å². The van der Waals surface area contributed by atoms with Crippen molar-refractivity contribution in [3.8, 4) is 17.1 Å². The maximum Gasteiger partial charge on any atom is 0.347 e. The van der Waals surface area contributed by atoms with Crippen LogP contribution in [-0.2, 0) is 0 Å². The van der Waals surface area contributed by atoms with Crippen molar-refractivity contribution in [3.63, 3.8) is 0 Å². The number of fused-ring (bicyclic) bond motifs is 2. The molecule has 5 nitrogen and oxygen atoms in total. The van der Waals surface area contributed by atoms with Crippen LogP contribution in [0.2, 0.25) is 0 Å². The Hall–Kier alpha value is -3.08. The lowest BCUT2D eigenvalue weighted by molar-refractivity contribution is 0.337. The zero-order valence-electron chi connectivity index (χ0n) is 12.5. The minimum atomic E-state index is -0.441. The van der Waals surface area contributed by atoms with E-state index in [0.29, 0.717) is 29.3 Å². The first kappa shape index (κ1) is 13.6. The van der Waals surface area contributed by atoms with Crippen LogP contribution in [0.15, 0.2) is 57.7 Å². The Morgan fingerprint density at radius 3 is 2.87 bits per heavy atom. The molecule has 4 rings (SSSR count). The fourth-order valence-corrected chi connectivity index (χ4v) is 2.63. The van der Waals surface area contributed by atoms with Crippen molar-refractivity contribution in [1.82, 2.24) is 9.97 Å². The Kier molecular flexibility index (Phi) is 3.12. The molecule has 2 heterocycles. The predicted molar refractivity (Wildman–Crippen MR) is 88.7 cm³/mol. The number of hydrogen-bond donors (Lipinski definition) is 1. The van der Waals surface area contributed by atoms with Gasteiger partial charge in [-0.15, -0.1) is 0 Å². The molecule has 0 aliphatic carbocycles. The summed E-state index contributed by atoms with van der Waals surface area (Å²) in [5.74, 6) is 1.07. The van der Waals surface area contributed by atoms with E-state index in [1.165, 1.54) is 0 Å². The van der Waals surface area contributed by atoms with Gasteiger partial charge in [-0.2, -0.15) is 0 Å². The fourth-order valence-electron chi connectivity index (χ4n) is 2.63. The van der Waals surface area contributed by atoms with E-state index in [2.05, 4.69) is 9.97 Å². The van der Waals surface area contributed by atoms with Crippen LogP contribution in [0.5, 0.6) is 5.75 Å². The van der Waals surface area contributed by atoms with Gasteiger partial charge in [0.05, 0.1) is 17.6 Å². The third kappa shape index (κ3) is 2.26. The molecule has 23 heavy (non-hydrogen) atoms. The van der Waals surface area contributed by atoms with E-state index in [4.69, 9.17) is 9.15 Å². The Bertz CT molecular complexity index is 1030. The molecule has 5 heteroatoms. The number of para-hydroxylation sites is 3. The second-order valence-electron chi connectivity index (χ2n) is 5.16. The monoisotopic (exact) mass is 306 g/mol. The molecule has 114 valence electrons. The first-order valence-electron chi connectivity index (χ1n) is 7.41. The third-order valence-electron chi connectivity index (χ3n) is 3.67. The van der Waals surface area contributed by atoms with E-state index < -0.39 is 5.63 Å². The van der Waals surface area contributed by atoms with Crippen LogP contribution in [0.3, 0.4) is 0 Å². The summed E-state index contributed by atoms with van der Waals surface area (Å²) in [6.45, 7) is 2.40. The molecule has 0 spiro atoms. The molecule has 0 radical (unpaired) electrons. The number of imidazole rings is 1. The topological polar surface area (TPSA) is 68.1 Å². The quantitative estimate of drug-likeness (QED) is 0.585. The van der Waals surface area contributed by atoms with Crippen molar-refractivity contribution in [2.75, 3.05) is 6.61 Å². The molecule has 0 unspecified atom stereocenters. The molecule has 4 aromatic rings. The minimum absolute atomic E-state index is 0.405. The summed E-state index contributed by atoms with van der Waals surface area (Å²) >= 11 is 0. The molecule has 0 fully saturated rings. The fraction of sp³-hybridized carbons (Fsp3) is 0.111. The van der Waals surface area contributed by atoms with Crippen LogP contribution in [0.25, 0.3) is 33.4 Å². The van der Waals surface area contributed by atoms with Gasteiger partial charge in [-0.25, -0.2) is 9.78 Å². The number of nitrogens with zero attached hydrogens (tertiary/aromatic N) is 1. The second-order valence-corrected chi connectivity index (χ2v) is 5.16. The molecule has 0 bridgehead atoms. The average molecular weight is 306 g/mol. The molecule has 0 saturated heterocycles. The van der Waals surface area contributed by atoms with Crippen molar-refractivity contribution in [3.05, 3.63) is 59.0 Å². The Morgan fingerprint density at radius 1 is 1.17 bits per heavy atom. The third-order valence-corrected chi connectivity index (χ3v) is 3.67. The highest BCUT2D eigenvalue weighted by atomic mass is 16.5.